The van der Waals surface area contributed by atoms with Crippen LogP contribution in [0.25, 0.3) is 0 Å². The van der Waals surface area contributed by atoms with Crippen molar-refractivity contribution in [3.63, 3.8) is 0 Å². The maximum absolute atomic E-state index is 11.6. The minimum Gasteiger partial charge on any atom is -0.508 e. The molecule has 6 nitrogen and oxygen atoms in total. The van der Waals surface area contributed by atoms with Gasteiger partial charge in [0.25, 0.3) is 0 Å². The molecular formula is C14H12N2O4. The van der Waals surface area contributed by atoms with Crippen molar-refractivity contribution < 1.29 is 19.8 Å². The molecule has 0 atom stereocenters. The Balaban J connectivity index is 1.96. The summed E-state index contributed by atoms with van der Waals surface area (Å²) in [5, 5.41) is 23.0. The first-order valence-electron chi connectivity index (χ1n) is 5.75. The van der Waals surface area contributed by atoms with E-state index in [2.05, 4.69) is 10.6 Å². The van der Waals surface area contributed by atoms with E-state index in [1.807, 2.05) is 0 Å². The minimum absolute atomic E-state index is 0.0662. The van der Waals surface area contributed by atoms with Gasteiger partial charge in [-0.25, -0.2) is 0 Å². The third-order valence-electron chi connectivity index (χ3n) is 2.46. The van der Waals surface area contributed by atoms with Gasteiger partial charge < -0.3 is 20.8 Å². The second-order valence-electron chi connectivity index (χ2n) is 4.00. The number of benzene rings is 2. The number of carbonyl (C=O) groups is 2. The van der Waals surface area contributed by atoms with Gasteiger partial charge in [0.1, 0.15) is 11.5 Å². The SMILES string of the molecule is O=C(Nc1ccc(O)cc1)C(=O)Nc1ccc(O)cc1. The predicted molar refractivity (Wildman–Crippen MR) is 73.5 cm³/mol. The number of carbonyl (C=O) groups excluding carboxylic acids is 2. The van der Waals surface area contributed by atoms with E-state index < -0.39 is 11.8 Å². The van der Waals surface area contributed by atoms with Gasteiger partial charge in [-0.15, -0.1) is 0 Å². The Labute approximate surface area is 114 Å². The molecule has 0 unspecified atom stereocenters. The highest BCUT2D eigenvalue weighted by Gasteiger charge is 2.13. The normalized spacial score (nSPS) is 9.80. The zero-order chi connectivity index (χ0) is 14.5. The maximum atomic E-state index is 11.6. The smallest absolute Gasteiger partial charge is 0.314 e. The molecule has 0 bridgehead atoms. The van der Waals surface area contributed by atoms with Crippen LogP contribution in [0.15, 0.2) is 48.5 Å². The van der Waals surface area contributed by atoms with Crippen molar-refractivity contribution in [1.82, 2.24) is 0 Å². The van der Waals surface area contributed by atoms with E-state index in [9.17, 15) is 9.59 Å². The zero-order valence-electron chi connectivity index (χ0n) is 10.3. The summed E-state index contributed by atoms with van der Waals surface area (Å²) >= 11 is 0. The monoisotopic (exact) mass is 272 g/mol. The second kappa shape index (κ2) is 5.75. The van der Waals surface area contributed by atoms with Crippen LogP contribution >= 0.6 is 0 Å². The highest BCUT2D eigenvalue weighted by molar-refractivity contribution is 6.43. The number of aromatic hydroxyl groups is 2. The van der Waals surface area contributed by atoms with Gasteiger partial charge in [0.2, 0.25) is 0 Å². The summed E-state index contributed by atoms with van der Waals surface area (Å²) < 4.78 is 0. The molecule has 0 aliphatic rings. The molecular weight excluding hydrogens is 260 g/mol. The Hall–Kier alpha value is -3.02. The first-order valence-corrected chi connectivity index (χ1v) is 5.75. The minimum atomic E-state index is -0.830. The van der Waals surface area contributed by atoms with Crippen molar-refractivity contribution >= 4 is 23.2 Å². The summed E-state index contributed by atoms with van der Waals surface area (Å²) in [5.41, 5.74) is 0.794. The average molecular weight is 272 g/mol. The van der Waals surface area contributed by atoms with E-state index in [0.29, 0.717) is 11.4 Å². The fraction of sp³-hybridized carbons (Fsp3) is 0. The topological polar surface area (TPSA) is 98.7 Å². The lowest BCUT2D eigenvalue weighted by molar-refractivity contribution is -0.132. The first kappa shape index (κ1) is 13.4. The van der Waals surface area contributed by atoms with Crippen LogP contribution < -0.4 is 10.6 Å². The van der Waals surface area contributed by atoms with E-state index in [0.717, 1.165) is 0 Å². The third kappa shape index (κ3) is 3.49. The molecule has 0 spiro atoms. The Morgan fingerprint density at radius 3 is 1.25 bits per heavy atom. The van der Waals surface area contributed by atoms with Crippen LogP contribution in [-0.4, -0.2) is 22.0 Å². The van der Waals surface area contributed by atoms with Crippen molar-refractivity contribution in [2.24, 2.45) is 0 Å². The highest BCUT2D eigenvalue weighted by Crippen LogP contribution is 2.15. The third-order valence-corrected chi connectivity index (χ3v) is 2.46. The number of nitrogens with one attached hydrogen (secondary N) is 2. The average Bonchev–Trinajstić information content (AvgIpc) is 2.44. The van der Waals surface area contributed by atoms with Crippen molar-refractivity contribution in [3.8, 4) is 11.5 Å². The lowest BCUT2D eigenvalue weighted by Crippen LogP contribution is -2.28. The van der Waals surface area contributed by atoms with E-state index in [1.54, 1.807) is 0 Å². The Morgan fingerprint density at radius 2 is 0.950 bits per heavy atom. The first-order chi connectivity index (χ1) is 9.54. The van der Waals surface area contributed by atoms with Crippen molar-refractivity contribution in [1.29, 1.82) is 0 Å². The molecule has 0 aliphatic carbocycles. The summed E-state index contributed by atoms with van der Waals surface area (Å²) in [7, 11) is 0. The number of amides is 2. The molecule has 2 aromatic rings. The van der Waals surface area contributed by atoms with Gasteiger partial charge >= 0.3 is 11.8 Å². The fourth-order valence-corrected chi connectivity index (χ4v) is 1.47. The van der Waals surface area contributed by atoms with E-state index in [4.69, 9.17) is 10.2 Å². The van der Waals surface area contributed by atoms with Gasteiger partial charge in [0.05, 0.1) is 0 Å². The number of hydrogen-bond acceptors (Lipinski definition) is 4. The summed E-state index contributed by atoms with van der Waals surface area (Å²) in [6.07, 6.45) is 0. The lowest BCUT2D eigenvalue weighted by atomic mass is 10.3. The summed E-state index contributed by atoms with van der Waals surface area (Å²) in [5.74, 6) is -1.53. The second-order valence-corrected chi connectivity index (χ2v) is 4.00. The van der Waals surface area contributed by atoms with Gasteiger partial charge in [0.15, 0.2) is 0 Å². The molecule has 0 fully saturated rings. The quantitative estimate of drug-likeness (QED) is 0.493. The van der Waals surface area contributed by atoms with Crippen LogP contribution in [0, 0.1) is 0 Å². The molecule has 0 heterocycles. The molecule has 4 N–H and O–H groups in total. The molecule has 102 valence electrons. The van der Waals surface area contributed by atoms with E-state index >= 15 is 0 Å². The van der Waals surface area contributed by atoms with Gasteiger partial charge in [-0.1, -0.05) is 0 Å². The largest absolute Gasteiger partial charge is 0.508 e. The number of hydrogen-bond donors (Lipinski definition) is 4. The van der Waals surface area contributed by atoms with Crippen LogP contribution in [0.5, 0.6) is 11.5 Å². The van der Waals surface area contributed by atoms with Crippen LogP contribution in [0.3, 0.4) is 0 Å². The molecule has 2 amide bonds. The number of rotatable bonds is 2. The maximum Gasteiger partial charge on any atom is 0.314 e. The van der Waals surface area contributed by atoms with Crippen LogP contribution in [0.2, 0.25) is 0 Å². The van der Waals surface area contributed by atoms with Crippen LogP contribution in [-0.2, 0) is 9.59 Å². The molecule has 0 aliphatic heterocycles. The van der Waals surface area contributed by atoms with Crippen molar-refractivity contribution in [2.45, 2.75) is 0 Å². The number of phenolic OH excluding ortho intramolecular Hbond substituents is 2. The predicted octanol–water partition coefficient (Wildman–Crippen LogP) is 1.67. The number of anilines is 2. The molecule has 2 rings (SSSR count). The molecule has 6 heteroatoms. The van der Waals surface area contributed by atoms with Crippen molar-refractivity contribution in [3.05, 3.63) is 48.5 Å². The Kier molecular flexibility index (Phi) is 3.85. The molecule has 0 saturated heterocycles. The van der Waals surface area contributed by atoms with Crippen LogP contribution in [0.1, 0.15) is 0 Å². The summed E-state index contributed by atoms with van der Waals surface area (Å²) in [6, 6.07) is 11.5. The highest BCUT2D eigenvalue weighted by atomic mass is 16.3. The summed E-state index contributed by atoms with van der Waals surface area (Å²) in [4.78, 5) is 23.3. The summed E-state index contributed by atoms with van der Waals surface area (Å²) in [6.45, 7) is 0. The standard InChI is InChI=1S/C14H12N2O4/c17-11-5-1-9(2-6-11)15-13(19)14(20)16-10-3-7-12(18)8-4-10/h1-8,17-18H,(H,15,19)(H,16,20). The fourth-order valence-electron chi connectivity index (χ4n) is 1.47. The Bertz CT molecular complexity index is 563. The van der Waals surface area contributed by atoms with Gasteiger partial charge in [-0.05, 0) is 48.5 Å². The van der Waals surface area contributed by atoms with E-state index in [-0.39, 0.29) is 11.5 Å². The molecule has 20 heavy (non-hydrogen) atoms. The molecule has 0 aromatic heterocycles. The molecule has 2 aromatic carbocycles. The van der Waals surface area contributed by atoms with Crippen LogP contribution in [0.4, 0.5) is 11.4 Å². The zero-order valence-corrected chi connectivity index (χ0v) is 10.3. The lowest BCUT2D eigenvalue weighted by Gasteiger charge is -2.06. The number of phenols is 2. The van der Waals surface area contributed by atoms with Gasteiger partial charge in [0, 0.05) is 11.4 Å². The van der Waals surface area contributed by atoms with Gasteiger partial charge in [-0.3, -0.25) is 9.59 Å². The Morgan fingerprint density at radius 1 is 0.650 bits per heavy atom. The van der Waals surface area contributed by atoms with Crippen molar-refractivity contribution in [2.75, 3.05) is 10.6 Å². The van der Waals surface area contributed by atoms with Gasteiger partial charge in [-0.2, -0.15) is 0 Å². The molecule has 0 radical (unpaired) electrons. The van der Waals surface area contributed by atoms with E-state index in [1.165, 1.54) is 48.5 Å². The molecule has 0 saturated carbocycles.